The van der Waals surface area contributed by atoms with Crippen LogP contribution in [0.1, 0.15) is 22.6 Å². The van der Waals surface area contributed by atoms with Crippen molar-refractivity contribution >= 4 is 11.6 Å². The fraction of sp³-hybridized carbons (Fsp3) is 0.368. The molecule has 0 saturated carbocycles. The Hall–Kier alpha value is -1.55. The minimum absolute atomic E-state index is 0.172. The zero-order valence-electron chi connectivity index (χ0n) is 13.0. The number of hydrogen-bond donors (Lipinski definition) is 1. The highest BCUT2D eigenvalue weighted by Crippen LogP contribution is 2.35. The quantitative estimate of drug-likeness (QED) is 0.940. The average molecular weight is 329 g/mol. The molecule has 1 saturated heterocycles. The van der Waals surface area contributed by atoms with Crippen molar-refractivity contribution in [2.75, 3.05) is 19.7 Å². The van der Waals surface area contributed by atoms with Gasteiger partial charge in [-0.1, -0.05) is 41.9 Å². The maximum atomic E-state index is 6.40. The molecule has 2 aliphatic heterocycles. The molecule has 120 valence electrons. The first kappa shape index (κ1) is 15.0. The number of likely N-dealkylation sites (tertiary alicyclic amines) is 1. The summed E-state index contributed by atoms with van der Waals surface area (Å²) in [6, 6.07) is 14.8. The molecule has 2 N–H and O–H groups in total. The summed E-state index contributed by atoms with van der Waals surface area (Å²) in [6.07, 6.45) is 0.953. The predicted molar refractivity (Wildman–Crippen MR) is 93.1 cm³/mol. The van der Waals surface area contributed by atoms with Gasteiger partial charge >= 0.3 is 0 Å². The van der Waals surface area contributed by atoms with Crippen LogP contribution in [0, 0.1) is 0 Å². The normalized spacial score (nSPS) is 23.7. The molecule has 4 rings (SSSR count). The van der Waals surface area contributed by atoms with Crippen LogP contribution in [0.15, 0.2) is 42.5 Å². The first-order valence-corrected chi connectivity index (χ1v) is 8.55. The Kier molecular flexibility index (Phi) is 4.02. The summed E-state index contributed by atoms with van der Waals surface area (Å²) in [5.41, 5.74) is 10.1. The van der Waals surface area contributed by atoms with Crippen molar-refractivity contribution in [2.45, 2.75) is 24.9 Å². The van der Waals surface area contributed by atoms with Crippen LogP contribution in [-0.4, -0.2) is 30.6 Å². The molecule has 2 heterocycles. The van der Waals surface area contributed by atoms with Crippen molar-refractivity contribution in [3.8, 4) is 5.75 Å². The lowest BCUT2D eigenvalue weighted by Crippen LogP contribution is -2.28. The smallest absolute Gasteiger partial charge is 0.127 e. The average Bonchev–Trinajstić information content (AvgIpc) is 3.14. The van der Waals surface area contributed by atoms with E-state index in [0.717, 1.165) is 43.4 Å². The Morgan fingerprint density at radius 1 is 1.17 bits per heavy atom. The second kappa shape index (κ2) is 6.16. The van der Waals surface area contributed by atoms with Crippen LogP contribution < -0.4 is 10.5 Å². The van der Waals surface area contributed by atoms with Crippen molar-refractivity contribution < 1.29 is 4.74 Å². The summed E-state index contributed by atoms with van der Waals surface area (Å²) in [6.45, 7) is 3.49. The fourth-order valence-corrected chi connectivity index (χ4v) is 4.06. The van der Waals surface area contributed by atoms with Gasteiger partial charge in [-0.25, -0.2) is 0 Å². The van der Waals surface area contributed by atoms with E-state index < -0.39 is 0 Å². The van der Waals surface area contributed by atoms with E-state index in [1.165, 1.54) is 16.7 Å². The van der Waals surface area contributed by atoms with Crippen LogP contribution in [0.2, 0.25) is 5.02 Å². The third-order valence-corrected chi connectivity index (χ3v) is 5.11. The van der Waals surface area contributed by atoms with E-state index >= 15 is 0 Å². The Morgan fingerprint density at radius 3 is 2.83 bits per heavy atom. The summed E-state index contributed by atoms with van der Waals surface area (Å²) in [7, 11) is 0. The molecule has 0 aliphatic carbocycles. The van der Waals surface area contributed by atoms with Crippen LogP contribution in [0.3, 0.4) is 0 Å². The van der Waals surface area contributed by atoms with E-state index in [-0.39, 0.29) is 6.04 Å². The van der Waals surface area contributed by atoms with E-state index in [2.05, 4.69) is 29.2 Å². The van der Waals surface area contributed by atoms with Crippen molar-refractivity contribution in [1.82, 2.24) is 4.90 Å². The fourth-order valence-electron chi connectivity index (χ4n) is 3.80. The third kappa shape index (κ3) is 2.97. The van der Waals surface area contributed by atoms with E-state index in [4.69, 9.17) is 22.1 Å². The summed E-state index contributed by atoms with van der Waals surface area (Å²) in [5.74, 6) is 1.43. The molecule has 4 heteroatoms. The van der Waals surface area contributed by atoms with Gasteiger partial charge in [-0.2, -0.15) is 0 Å². The molecule has 2 aliphatic rings. The number of ether oxygens (including phenoxy) is 1. The van der Waals surface area contributed by atoms with Crippen molar-refractivity contribution in [3.63, 3.8) is 0 Å². The molecule has 0 radical (unpaired) electrons. The second-order valence-electron chi connectivity index (χ2n) is 6.53. The minimum atomic E-state index is 0.172. The molecule has 1 fully saturated rings. The number of halogens is 1. The van der Waals surface area contributed by atoms with Gasteiger partial charge in [0.1, 0.15) is 5.75 Å². The Labute approximate surface area is 142 Å². The lowest BCUT2D eigenvalue weighted by Gasteiger charge is -2.18. The number of benzene rings is 2. The van der Waals surface area contributed by atoms with Crippen molar-refractivity contribution in [3.05, 3.63) is 64.2 Å². The van der Waals surface area contributed by atoms with E-state index in [1.807, 2.05) is 18.2 Å². The van der Waals surface area contributed by atoms with Crippen LogP contribution in [0.25, 0.3) is 0 Å². The van der Waals surface area contributed by atoms with Gasteiger partial charge in [0.05, 0.1) is 6.61 Å². The number of hydrogen-bond acceptors (Lipinski definition) is 3. The van der Waals surface area contributed by atoms with Crippen LogP contribution in [0.5, 0.6) is 5.75 Å². The van der Waals surface area contributed by atoms with Crippen molar-refractivity contribution in [2.24, 2.45) is 5.73 Å². The highest BCUT2D eigenvalue weighted by molar-refractivity contribution is 6.30. The standard InChI is InChI=1S/C19H21ClN2O/c20-16-8-14-6-7-23-19(14)15(9-16)10-22-11-17(18(21)12-22)13-4-2-1-3-5-13/h1-5,8-9,17-18H,6-7,10-12,21H2/t17-,18+/m0/s1. The molecule has 0 amide bonds. The topological polar surface area (TPSA) is 38.5 Å². The maximum Gasteiger partial charge on any atom is 0.127 e. The molecule has 23 heavy (non-hydrogen) atoms. The van der Waals surface area contributed by atoms with Crippen molar-refractivity contribution in [1.29, 1.82) is 0 Å². The van der Waals surface area contributed by atoms with E-state index in [0.29, 0.717) is 5.92 Å². The highest BCUT2D eigenvalue weighted by atomic mass is 35.5. The molecule has 3 nitrogen and oxygen atoms in total. The molecule has 2 aromatic carbocycles. The van der Waals surface area contributed by atoms with Gasteiger partial charge in [0.15, 0.2) is 0 Å². The van der Waals surface area contributed by atoms with Gasteiger partial charge < -0.3 is 10.5 Å². The Bertz CT molecular complexity index is 704. The lowest BCUT2D eigenvalue weighted by atomic mass is 9.95. The van der Waals surface area contributed by atoms with Gasteiger partial charge in [0.25, 0.3) is 0 Å². The highest BCUT2D eigenvalue weighted by Gasteiger charge is 2.32. The SMILES string of the molecule is N[C@@H]1CN(Cc2cc(Cl)cc3c2OCC3)C[C@H]1c1ccccc1. The van der Waals surface area contributed by atoms with Crippen LogP contribution in [-0.2, 0) is 13.0 Å². The monoisotopic (exact) mass is 328 g/mol. The third-order valence-electron chi connectivity index (χ3n) is 4.89. The predicted octanol–water partition coefficient (Wildman–Crippen LogP) is 3.20. The first-order chi connectivity index (χ1) is 11.2. The molecule has 0 spiro atoms. The summed E-state index contributed by atoms with van der Waals surface area (Å²) in [4.78, 5) is 2.41. The Balaban J connectivity index is 1.53. The molecule has 0 bridgehead atoms. The van der Waals surface area contributed by atoms with Gasteiger partial charge in [-0.3, -0.25) is 4.90 Å². The molecule has 0 unspecified atom stereocenters. The van der Waals surface area contributed by atoms with Crippen LogP contribution in [0.4, 0.5) is 0 Å². The number of rotatable bonds is 3. The largest absolute Gasteiger partial charge is 0.493 e. The molecule has 2 atom stereocenters. The van der Waals surface area contributed by atoms with Gasteiger partial charge in [0, 0.05) is 48.6 Å². The Morgan fingerprint density at radius 2 is 2.00 bits per heavy atom. The molecule has 0 aromatic heterocycles. The van der Waals surface area contributed by atoms with Gasteiger partial charge in [-0.05, 0) is 23.3 Å². The lowest BCUT2D eigenvalue weighted by molar-refractivity contribution is 0.308. The number of nitrogens with zero attached hydrogens (tertiary/aromatic N) is 1. The second-order valence-corrected chi connectivity index (χ2v) is 6.96. The van der Waals surface area contributed by atoms with Gasteiger partial charge in [0.2, 0.25) is 0 Å². The summed E-state index contributed by atoms with van der Waals surface area (Å²) >= 11 is 6.27. The zero-order valence-corrected chi connectivity index (χ0v) is 13.8. The minimum Gasteiger partial charge on any atom is -0.493 e. The summed E-state index contributed by atoms with van der Waals surface area (Å²) in [5, 5.41) is 0.798. The molecular weight excluding hydrogens is 308 g/mol. The van der Waals surface area contributed by atoms with Crippen LogP contribution >= 0.6 is 11.6 Å². The molecule has 2 aromatic rings. The first-order valence-electron chi connectivity index (χ1n) is 8.17. The molecular formula is C19H21ClN2O. The van der Waals surface area contributed by atoms with E-state index in [9.17, 15) is 0 Å². The maximum absolute atomic E-state index is 6.40. The zero-order chi connectivity index (χ0) is 15.8. The summed E-state index contributed by atoms with van der Waals surface area (Å²) < 4.78 is 5.82. The number of fused-ring (bicyclic) bond motifs is 1. The van der Waals surface area contributed by atoms with Gasteiger partial charge in [-0.15, -0.1) is 0 Å². The van der Waals surface area contributed by atoms with E-state index in [1.54, 1.807) is 0 Å². The number of nitrogens with two attached hydrogens (primary N) is 1.